The number of benzene rings is 1. The molecule has 0 saturated carbocycles. The average molecular weight is 252 g/mol. The monoisotopic (exact) mass is 252 g/mol. The number of carboxylic acids is 1. The lowest BCUT2D eigenvalue weighted by atomic mass is 10.0. The number of hydrogen-bond donors (Lipinski definition) is 1. The fourth-order valence-electron chi connectivity index (χ4n) is 1.18. The second kappa shape index (κ2) is 4.52. The van der Waals surface area contributed by atoms with E-state index in [0.29, 0.717) is 6.07 Å². The molecule has 0 saturated heterocycles. The number of rotatable bonds is 3. The van der Waals surface area contributed by atoms with E-state index in [2.05, 4.69) is 0 Å². The third kappa shape index (κ3) is 2.43. The van der Waals surface area contributed by atoms with Crippen LogP contribution in [0, 0.1) is 0 Å². The molecule has 1 aromatic carbocycles. The first-order chi connectivity index (χ1) is 7.78. The number of aromatic carboxylic acids is 1. The zero-order valence-electron chi connectivity index (χ0n) is 8.05. The smallest absolute Gasteiger partial charge is 0.336 e. The molecule has 2 nitrogen and oxygen atoms in total. The van der Waals surface area contributed by atoms with Crippen LogP contribution in [0.2, 0.25) is 0 Å². The maximum absolute atomic E-state index is 13.2. The summed E-state index contributed by atoms with van der Waals surface area (Å²) in [7, 11) is 0. The van der Waals surface area contributed by atoms with Gasteiger partial charge in [0.1, 0.15) is 0 Å². The van der Waals surface area contributed by atoms with Crippen LogP contribution in [0.25, 0.3) is 0 Å². The molecule has 0 amide bonds. The predicted molar refractivity (Wildman–Crippen MR) is 47.6 cm³/mol. The van der Waals surface area contributed by atoms with E-state index in [0.717, 1.165) is 18.2 Å². The van der Waals surface area contributed by atoms with E-state index in [1.54, 1.807) is 0 Å². The minimum Gasteiger partial charge on any atom is -0.478 e. The Bertz CT molecular complexity index is 477. The fraction of sp³-hybridized carbons (Fsp3) is 0.100. The SMILES string of the molecule is O=C(O)c1ccccc1C(F)(F)C(F)=C(F)F. The summed E-state index contributed by atoms with van der Waals surface area (Å²) in [5.41, 5.74) is -2.26. The number of hydrogen-bond acceptors (Lipinski definition) is 1. The lowest BCUT2D eigenvalue weighted by Gasteiger charge is -2.15. The zero-order valence-corrected chi connectivity index (χ0v) is 8.05. The summed E-state index contributed by atoms with van der Waals surface area (Å²) in [6.45, 7) is 0. The van der Waals surface area contributed by atoms with Crippen molar-refractivity contribution < 1.29 is 31.9 Å². The van der Waals surface area contributed by atoms with E-state index in [1.165, 1.54) is 0 Å². The van der Waals surface area contributed by atoms with Crippen LogP contribution in [-0.2, 0) is 5.92 Å². The highest BCUT2D eigenvalue weighted by Gasteiger charge is 2.43. The third-order valence-corrected chi connectivity index (χ3v) is 1.94. The second-order valence-corrected chi connectivity index (χ2v) is 3.00. The van der Waals surface area contributed by atoms with Gasteiger partial charge in [-0.25, -0.2) is 4.79 Å². The number of carbonyl (C=O) groups is 1. The molecule has 7 heteroatoms. The topological polar surface area (TPSA) is 37.3 Å². The summed E-state index contributed by atoms with van der Waals surface area (Å²) in [6, 6.07) is 3.47. The summed E-state index contributed by atoms with van der Waals surface area (Å²) < 4.78 is 62.7. The number of carboxylic acid groups (broad SMARTS) is 1. The number of alkyl halides is 2. The molecule has 0 aromatic heterocycles. The average Bonchev–Trinajstić information content (AvgIpc) is 2.27. The summed E-state index contributed by atoms with van der Waals surface area (Å²) in [6.07, 6.45) is -3.19. The van der Waals surface area contributed by atoms with Gasteiger partial charge >= 0.3 is 18.0 Å². The Labute approximate surface area is 92.0 Å². The van der Waals surface area contributed by atoms with Crippen molar-refractivity contribution in [3.05, 3.63) is 47.3 Å². The molecule has 0 unspecified atom stereocenters. The molecule has 0 radical (unpaired) electrons. The largest absolute Gasteiger partial charge is 0.478 e. The fourth-order valence-corrected chi connectivity index (χ4v) is 1.18. The van der Waals surface area contributed by atoms with E-state index < -0.39 is 34.9 Å². The molecule has 0 heterocycles. The van der Waals surface area contributed by atoms with Crippen LogP contribution in [0.1, 0.15) is 15.9 Å². The molecule has 92 valence electrons. The second-order valence-electron chi connectivity index (χ2n) is 3.00. The van der Waals surface area contributed by atoms with Crippen molar-refractivity contribution >= 4 is 5.97 Å². The van der Waals surface area contributed by atoms with E-state index >= 15 is 0 Å². The Kier molecular flexibility index (Phi) is 3.50. The van der Waals surface area contributed by atoms with Crippen molar-refractivity contribution in [2.45, 2.75) is 5.92 Å². The maximum Gasteiger partial charge on any atom is 0.336 e. The van der Waals surface area contributed by atoms with Crippen molar-refractivity contribution in [3.63, 3.8) is 0 Å². The van der Waals surface area contributed by atoms with Gasteiger partial charge in [0, 0.05) is 5.56 Å². The van der Waals surface area contributed by atoms with Crippen LogP contribution in [0.15, 0.2) is 36.2 Å². The van der Waals surface area contributed by atoms with Crippen LogP contribution < -0.4 is 0 Å². The van der Waals surface area contributed by atoms with E-state index in [9.17, 15) is 26.7 Å². The predicted octanol–water partition coefficient (Wildman–Crippen LogP) is 3.55. The van der Waals surface area contributed by atoms with Gasteiger partial charge in [0.25, 0.3) is 0 Å². The van der Waals surface area contributed by atoms with Crippen molar-refractivity contribution in [1.29, 1.82) is 0 Å². The molecule has 0 aliphatic carbocycles. The first-order valence-corrected chi connectivity index (χ1v) is 4.20. The number of halogens is 5. The van der Waals surface area contributed by atoms with Crippen LogP contribution in [-0.4, -0.2) is 11.1 Å². The Morgan fingerprint density at radius 1 is 1.12 bits per heavy atom. The van der Waals surface area contributed by atoms with E-state index in [-0.39, 0.29) is 0 Å². The Balaban J connectivity index is 3.44. The van der Waals surface area contributed by atoms with Crippen molar-refractivity contribution in [3.8, 4) is 0 Å². The van der Waals surface area contributed by atoms with Gasteiger partial charge in [-0.3, -0.25) is 0 Å². The molecular formula is C10H5F5O2. The summed E-state index contributed by atoms with van der Waals surface area (Å²) >= 11 is 0. The summed E-state index contributed by atoms with van der Waals surface area (Å²) in [5.74, 6) is -9.38. The minimum absolute atomic E-state index is 0.575. The summed E-state index contributed by atoms with van der Waals surface area (Å²) in [4.78, 5) is 10.6. The maximum atomic E-state index is 13.2. The Morgan fingerprint density at radius 3 is 2.12 bits per heavy atom. The van der Waals surface area contributed by atoms with Gasteiger partial charge in [-0.2, -0.15) is 22.0 Å². The van der Waals surface area contributed by atoms with Gasteiger partial charge in [0.05, 0.1) is 5.56 Å². The molecule has 0 spiro atoms. The van der Waals surface area contributed by atoms with Gasteiger partial charge in [0.2, 0.25) is 5.83 Å². The lowest BCUT2D eigenvalue weighted by molar-refractivity contribution is 0.00442. The van der Waals surface area contributed by atoms with Crippen LogP contribution in [0.3, 0.4) is 0 Å². The molecule has 0 bridgehead atoms. The summed E-state index contributed by atoms with van der Waals surface area (Å²) in [5, 5.41) is 8.59. The minimum atomic E-state index is -4.67. The first-order valence-electron chi connectivity index (χ1n) is 4.20. The first kappa shape index (κ1) is 13.1. The highest BCUT2D eigenvalue weighted by Crippen LogP contribution is 2.40. The van der Waals surface area contributed by atoms with Gasteiger partial charge in [-0.1, -0.05) is 18.2 Å². The van der Waals surface area contributed by atoms with Crippen LogP contribution in [0.5, 0.6) is 0 Å². The molecule has 0 atom stereocenters. The third-order valence-electron chi connectivity index (χ3n) is 1.94. The zero-order chi connectivity index (χ0) is 13.2. The van der Waals surface area contributed by atoms with Gasteiger partial charge in [-0.05, 0) is 6.07 Å². The number of allylic oxidation sites excluding steroid dienone is 1. The highest BCUT2D eigenvalue weighted by atomic mass is 19.3. The van der Waals surface area contributed by atoms with E-state index in [1.807, 2.05) is 0 Å². The molecule has 1 N–H and O–H groups in total. The normalized spacial score (nSPS) is 11.1. The molecule has 0 aliphatic heterocycles. The molecule has 1 rings (SSSR count). The van der Waals surface area contributed by atoms with Crippen molar-refractivity contribution in [2.24, 2.45) is 0 Å². The standard InChI is InChI=1S/C10H5F5O2/c11-7(8(12)13)10(14,15)6-4-2-1-3-5(6)9(16)17/h1-4H,(H,16,17). The molecule has 17 heavy (non-hydrogen) atoms. The Morgan fingerprint density at radius 2 is 1.65 bits per heavy atom. The molecule has 0 aliphatic rings. The van der Waals surface area contributed by atoms with Crippen LogP contribution >= 0.6 is 0 Å². The van der Waals surface area contributed by atoms with Gasteiger partial charge < -0.3 is 5.11 Å². The molecule has 0 fully saturated rings. The van der Waals surface area contributed by atoms with Crippen molar-refractivity contribution in [1.82, 2.24) is 0 Å². The van der Waals surface area contributed by atoms with Crippen molar-refractivity contribution in [2.75, 3.05) is 0 Å². The lowest BCUT2D eigenvalue weighted by Crippen LogP contribution is -2.19. The quantitative estimate of drug-likeness (QED) is 0.835. The van der Waals surface area contributed by atoms with Crippen LogP contribution in [0.4, 0.5) is 22.0 Å². The van der Waals surface area contributed by atoms with Gasteiger partial charge in [0.15, 0.2) is 0 Å². The molecule has 1 aromatic rings. The van der Waals surface area contributed by atoms with E-state index in [4.69, 9.17) is 5.11 Å². The van der Waals surface area contributed by atoms with Gasteiger partial charge in [-0.15, -0.1) is 0 Å². The highest BCUT2D eigenvalue weighted by molar-refractivity contribution is 5.89. The molecular weight excluding hydrogens is 247 g/mol. The Hall–Kier alpha value is -1.92.